The van der Waals surface area contributed by atoms with Crippen LogP contribution in [-0.4, -0.2) is 25.7 Å². The number of rotatable bonds is 3. The summed E-state index contributed by atoms with van der Waals surface area (Å²) < 4.78 is 1.50. The lowest BCUT2D eigenvalue weighted by atomic mass is 10.2. The minimum Gasteiger partial charge on any atom is -0.306 e. The third kappa shape index (κ3) is 2.52. The Morgan fingerprint density at radius 1 is 1.36 bits per heavy atom. The van der Waals surface area contributed by atoms with Crippen LogP contribution in [0.3, 0.4) is 0 Å². The van der Waals surface area contributed by atoms with Crippen LogP contribution in [0.15, 0.2) is 23.0 Å². The van der Waals surface area contributed by atoms with Crippen molar-refractivity contribution in [2.75, 3.05) is 5.32 Å². The number of fused-ring (bicyclic) bond motifs is 1. The second-order valence-corrected chi connectivity index (χ2v) is 6.28. The summed E-state index contributed by atoms with van der Waals surface area (Å²) in [7, 11) is 1.68. The van der Waals surface area contributed by atoms with Crippen molar-refractivity contribution in [2.24, 2.45) is 7.05 Å². The van der Waals surface area contributed by atoms with E-state index in [1.807, 2.05) is 13.8 Å². The van der Waals surface area contributed by atoms with Crippen molar-refractivity contribution in [1.82, 2.24) is 19.7 Å². The monoisotopic (exact) mass is 317 g/mol. The number of imidazole rings is 1. The number of carbonyl (C=O) groups excluding carboxylic acids is 1. The van der Waals surface area contributed by atoms with Crippen LogP contribution in [-0.2, 0) is 7.05 Å². The summed E-state index contributed by atoms with van der Waals surface area (Å²) in [5, 5.41) is 12.1. The van der Waals surface area contributed by atoms with Crippen molar-refractivity contribution in [3.8, 4) is 0 Å². The standard InChI is InChI=1S/C14H15N5O2S/c1-7(2)12-17-18-13(22-12)16-11(20)8-4-5-10-9(6-8)15-14(21)19(10)3/h4-7H,1-3H3,(H,15,21)(H,16,18,20). The van der Waals surface area contributed by atoms with Gasteiger partial charge in [-0.25, -0.2) is 4.79 Å². The largest absolute Gasteiger partial charge is 0.326 e. The van der Waals surface area contributed by atoms with Gasteiger partial charge in [-0.2, -0.15) is 0 Å². The molecule has 1 amide bonds. The minimum absolute atomic E-state index is 0.210. The van der Waals surface area contributed by atoms with Gasteiger partial charge in [-0.1, -0.05) is 25.2 Å². The van der Waals surface area contributed by atoms with E-state index in [1.54, 1.807) is 25.2 Å². The number of hydrogen-bond donors (Lipinski definition) is 2. The predicted octanol–water partition coefficient (Wildman–Crippen LogP) is 2.09. The maximum absolute atomic E-state index is 12.3. The zero-order valence-corrected chi connectivity index (χ0v) is 13.2. The molecular weight excluding hydrogens is 302 g/mol. The molecule has 0 aliphatic rings. The van der Waals surface area contributed by atoms with Gasteiger partial charge in [0.05, 0.1) is 11.0 Å². The van der Waals surface area contributed by atoms with Crippen molar-refractivity contribution < 1.29 is 4.79 Å². The van der Waals surface area contributed by atoms with E-state index in [2.05, 4.69) is 20.5 Å². The maximum Gasteiger partial charge on any atom is 0.326 e. The highest BCUT2D eigenvalue weighted by Crippen LogP contribution is 2.23. The molecule has 2 N–H and O–H groups in total. The Labute approximate surface area is 130 Å². The van der Waals surface area contributed by atoms with E-state index in [0.29, 0.717) is 16.2 Å². The van der Waals surface area contributed by atoms with Gasteiger partial charge in [-0.15, -0.1) is 10.2 Å². The number of benzene rings is 1. The fraction of sp³-hybridized carbons (Fsp3) is 0.286. The summed E-state index contributed by atoms with van der Waals surface area (Å²) in [4.78, 5) is 26.5. The molecule has 0 unspecified atom stereocenters. The number of nitrogens with zero attached hydrogens (tertiary/aromatic N) is 3. The molecule has 2 heterocycles. The first-order valence-corrected chi connectivity index (χ1v) is 7.61. The zero-order valence-electron chi connectivity index (χ0n) is 12.4. The second-order valence-electron chi connectivity index (χ2n) is 5.28. The first-order valence-electron chi connectivity index (χ1n) is 6.79. The molecule has 22 heavy (non-hydrogen) atoms. The van der Waals surface area contributed by atoms with Gasteiger partial charge in [0.15, 0.2) is 0 Å². The highest BCUT2D eigenvalue weighted by Gasteiger charge is 2.13. The molecule has 0 spiro atoms. The lowest BCUT2D eigenvalue weighted by Gasteiger charge is -2.02. The Kier molecular flexibility index (Phi) is 3.53. The third-order valence-electron chi connectivity index (χ3n) is 3.32. The number of nitrogens with one attached hydrogen (secondary N) is 2. The summed E-state index contributed by atoms with van der Waals surface area (Å²) >= 11 is 1.36. The molecule has 0 fully saturated rings. The summed E-state index contributed by atoms with van der Waals surface area (Å²) in [6.45, 7) is 4.04. The molecule has 0 aliphatic carbocycles. The molecule has 1 aromatic carbocycles. The van der Waals surface area contributed by atoms with Crippen LogP contribution < -0.4 is 11.0 Å². The van der Waals surface area contributed by atoms with Gasteiger partial charge in [-0.05, 0) is 18.2 Å². The molecule has 8 heteroatoms. The van der Waals surface area contributed by atoms with Gasteiger partial charge >= 0.3 is 5.69 Å². The topological polar surface area (TPSA) is 92.7 Å². The molecule has 2 aromatic heterocycles. The van der Waals surface area contributed by atoms with Gasteiger partial charge in [0.2, 0.25) is 5.13 Å². The fourth-order valence-corrected chi connectivity index (χ4v) is 2.81. The fourth-order valence-electron chi connectivity index (χ4n) is 2.07. The van der Waals surface area contributed by atoms with E-state index in [4.69, 9.17) is 0 Å². The van der Waals surface area contributed by atoms with Crippen LogP contribution >= 0.6 is 11.3 Å². The summed E-state index contributed by atoms with van der Waals surface area (Å²) in [6.07, 6.45) is 0. The van der Waals surface area contributed by atoms with Crippen molar-refractivity contribution in [1.29, 1.82) is 0 Å². The van der Waals surface area contributed by atoms with Gasteiger partial charge in [0.25, 0.3) is 5.91 Å². The number of H-pyrrole nitrogens is 1. The van der Waals surface area contributed by atoms with Crippen LogP contribution in [0.5, 0.6) is 0 Å². The van der Waals surface area contributed by atoms with Gasteiger partial charge in [0.1, 0.15) is 5.01 Å². The van der Waals surface area contributed by atoms with E-state index in [-0.39, 0.29) is 17.5 Å². The van der Waals surface area contributed by atoms with E-state index in [1.165, 1.54) is 15.9 Å². The first kappa shape index (κ1) is 14.5. The Bertz CT molecular complexity index is 905. The number of carbonyl (C=O) groups is 1. The molecule has 0 radical (unpaired) electrons. The minimum atomic E-state index is -0.280. The van der Waals surface area contributed by atoms with Crippen LogP contribution in [0.4, 0.5) is 5.13 Å². The summed E-state index contributed by atoms with van der Waals surface area (Å²) in [5.41, 5.74) is 1.62. The Hall–Kier alpha value is -2.48. The second kappa shape index (κ2) is 5.38. The maximum atomic E-state index is 12.3. The van der Waals surface area contributed by atoms with Crippen LogP contribution in [0.1, 0.15) is 35.1 Å². The van der Waals surface area contributed by atoms with Gasteiger partial charge in [-0.3, -0.25) is 14.7 Å². The molecule has 3 aromatic rings. The average Bonchev–Trinajstić information content (AvgIpc) is 3.05. The Morgan fingerprint density at radius 3 is 2.82 bits per heavy atom. The lowest BCUT2D eigenvalue weighted by molar-refractivity contribution is 0.102. The number of aromatic amines is 1. The molecule has 7 nitrogen and oxygen atoms in total. The number of aryl methyl sites for hydroxylation is 1. The Balaban J connectivity index is 1.86. The third-order valence-corrected chi connectivity index (χ3v) is 4.46. The highest BCUT2D eigenvalue weighted by molar-refractivity contribution is 7.15. The molecular formula is C14H15N5O2S. The average molecular weight is 317 g/mol. The lowest BCUT2D eigenvalue weighted by Crippen LogP contribution is -2.11. The normalized spacial score (nSPS) is 11.3. The number of anilines is 1. The first-order chi connectivity index (χ1) is 10.5. The SMILES string of the molecule is CC(C)c1nnc(NC(=O)c2ccc3c(c2)[nH]c(=O)n3C)s1. The molecule has 0 bridgehead atoms. The van der Waals surface area contributed by atoms with Crippen LogP contribution in [0, 0.1) is 0 Å². The number of amides is 1. The van der Waals surface area contributed by atoms with E-state index >= 15 is 0 Å². The molecule has 114 valence electrons. The highest BCUT2D eigenvalue weighted by atomic mass is 32.1. The summed E-state index contributed by atoms with van der Waals surface area (Å²) in [6, 6.07) is 5.06. The number of aromatic nitrogens is 4. The smallest absolute Gasteiger partial charge is 0.306 e. The van der Waals surface area contributed by atoms with E-state index < -0.39 is 0 Å². The van der Waals surface area contributed by atoms with Crippen molar-refractivity contribution in [2.45, 2.75) is 19.8 Å². The van der Waals surface area contributed by atoms with E-state index in [0.717, 1.165) is 10.5 Å². The van der Waals surface area contributed by atoms with Crippen LogP contribution in [0.25, 0.3) is 11.0 Å². The summed E-state index contributed by atoms with van der Waals surface area (Å²) in [5.74, 6) is -0.00745. The quantitative estimate of drug-likeness (QED) is 0.773. The zero-order chi connectivity index (χ0) is 15.9. The predicted molar refractivity (Wildman–Crippen MR) is 85.5 cm³/mol. The Morgan fingerprint density at radius 2 is 2.14 bits per heavy atom. The van der Waals surface area contributed by atoms with Crippen LogP contribution in [0.2, 0.25) is 0 Å². The molecule has 0 saturated carbocycles. The van der Waals surface area contributed by atoms with E-state index in [9.17, 15) is 9.59 Å². The number of hydrogen-bond acceptors (Lipinski definition) is 5. The van der Waals surface area contributed by atoms with Crippen molar-refractivity contribution in [3.63, 3.8) is 0 Å². The van der Waals surface area contributed by atoms with Crippen molar-refractivity contribution in [3.05, 3.63) is 39.3 Å². The molecule has 0 saturated heterocycles. The molecule has 3 rings (SSSR count). The molecule has 0 atom stereocenters. The van der Waals surface area contributed by atoms with Crippen molar-refractivity contribution >= 4 is 33.4 Å². The molecule has 0 aliphatic heterocycles. The van der Waals surface area contributed by atoms with Gasteiger partial charge in [0, 0.05) is 18.5 Å². The van der Waals surface area contributed by atoms with Gasteiger partial charge < -0.3 is 4.98 Å².